The maximum Gasteiger partial charge on any atom is 0.161 e. The molecule has 64 heavy (non-hydrogen) atoms. The Balaban J connectivity index is 1.14. The van der Waals surface area contributed by atoms with Gasteiger partial charge in [0.05, 0.1) is 22.4 Å². The first-order valence-electron chi connectivity index (χ1n) is 22.1. The van der Waals surface area contributed by atoms with Gasteiger partial charge in [-0.1, -0.05) is 190 Å². The van der Waals surface area contributed by atoms with Crippen LogP contribution in [0.1, 0.15) is 25.0 Å². The predicted molar refractivity (Wildman–Crippen MR) is 267 cm³/mol. The predicted octanol–water partition coefficient (Wildman–Crippen LogP) is 15.9. The highest BCUT2D eigenvalue weighted by atomic mass is 15.0. The number of rotatable bonds is 7. The van der Waals surface area contributed by atoms with Crippen LogP contribution in [-0.2, 0) is 5.41 Å². The number of benzene rings is 9. The van der Waals surface area contributed by atoms with Crippen molar-refractivity contribution >= 4 is 21.8 Å². The van der Waals surface area contributed by atoms with Gasteiger partial charge in [0.2, 0.25) is 0 Å². The highest BCUT2D eigenvalue weighted by molar-refractivity contribution is 6.16. The average molecular weight is 818 g/mol. The standard InChI is InChI=1S/C61H43N3/c1-61(2)53-28-16-15-26-49(53)51-37-44(30-32-54(51)61)45-31-33-57-52(38-45)59-50(60-62-55(42-22-11-5-12-23-42)39-56(63-60)43-24-13-6-14-25-43)27-17-29-58(59)64(57)48-35-46(40-18-7-3-8-19-40)34-47(36-48)41-20-9-4-10-21-41/h3-39H,1-2H3. The third-order valence-electron chi connectivity index (χ3n) is 13.2. The fourth-order valence-electron chi connectivity index (χ4n) is 10.0. The second kappa shape index (κ2) is 15.0. The van der Waals surface area contributed by atoms with Gasteiger partial charge in [0.25, 0.3) is 0 Å². The molecule has 2 heterocycles. The maximum absolute atomic E-state index is 5.38. The van der Waals surface area contributed by atoms with Crippen LogP contribution >= 0.6 is 0 Å². The Morgan fingerprint density at radius 2 is 0.859 bits per heavy atom. The molecular formula is C61H43N3. The summed E-state index contributed by atoms with van der Waals surface area (Å²) < 4.78 is 2.44. The molecule has 0 N–H and O–H groups in total. The van der Waals surface area contributed by atoms with Crippen molar-refractivity contribution in [1.82, 2.24) is 14.5 Å². The molecule has 12 rings (SSSR count). The van der Waals surface area contributed by atoms with Crippen LogP contribution in [0.15, 0.2) is 224 Å². The first-order valence-corrected chi connectivity index (χ1v) is 22.1. The molecule has 1 aliphatic rings. The summed E-state index contributed by atoms with van der Waals surface area (Å²) in [5.74, 6) is 0.689. The van der Waals surface area contributed by atoms with Crippen molar-refractivity contribution < 1.29 is 0 Å². The van der Waals surface area contributed by atoms with Crippen molar-refractivity contribution in [1.29, 1.82) is 0 Å². The van der Waals surface area contributed by atoms with Crippen molar-refractivity contribution in [3.8, 4) is 84.1 Å². The summed E-state index contributed by atoms with van der Waals surface area (Å²) in [6, 6.07) is 80.9. The minimum atomic E-state index is -0.0590. The van der Waals surface area contributed by atoms with Gasteiger partial charge in [-0.15, -0.1) is 0 Å². The zero-order valence-electron chi connectivity index (χ0n) is 35.7. The SMILES string of the molecule is CC1(C)c2ccccc2-c2cc(-c3ccc4c(c3)c3c(-c5nc(-c6ccccc6)cc(-c6ccccc6)n5)cccc3n4-c3cc(-c4ccccc4)cc(-c4ccccc4)c3)ccc21. The van der Waals surface area contributed by atoms with Gasteiger partial charge in [-0.3, -0.25) is 0 Å². The van der Waals surface area contributed by atoms with Crippen LogP contribution in [0, 0.1) is 0 Å². The van der Waals surface area contributed by atoms with E-state index in [1.165, 1.54) is 44.5 Å². The van der Waals surface area contributed by atoms with Gasteiger partial charge in [-0.25, -0.2) is 9.97 Å². The molecule has 0 spiro atoms. The largest absolute Gasteiger partial charge is 0.309 e. The average Bonchev–Trinajstić information content (AvgIpc) is 3.82. The number of hydrogen-bond acceptors (Lipinski definition) is 2. The molecule has 302 valence electrons. The second-order valence-electron chi connectivity index (χ2n) is 17.4. The summed E-state index contributed by atoms with van der Waals surface area (Å²) in [5, 5.41) is 2.26. The summed E-state index contributed by atoms with van der Waals surface area (Å²) in [6.45, 7) is 4.68. The molecule has 0 unspecified atom stereocenters. The highest BCUT2D eigenvalue weighted by Crippen LogP contribution is 2.50. The van der Waals surface area contributed by atoms with Crippen molar-refractivity contribution in [2.45, 2.75) is 19.3 Å². The number of aromatic nitrogens is 3. The van der Waals surface area contributed by atoms with Gasteiger partial charge >= 0.3 is 0 Å². The molecule has 0 saturated carbocycles. The van der Waals surface area contributed by atoms with Crippen LogP contribution in [0.25, 0.3) is 106 Å². The smallest absolute Gasteiger partial charge is 0.161 e. The minimum Gasteiger partial charge on any atom is -0.309 e. The van der Waals surface area contributed by atoms with E-state index in [2.05, 4.69) is 231 Å². The highest BCUT2D eigenvalue weighted by Gasteiger charge is 2.35. The Bertz CT molecular complexity index is 3440. The van der Waals surface area contributed by atoms with Crippen LogP contribution in [-0.4, -0.2) is 14.5 Å². The normalized spacial score (nSPS) is 12.7. The molecule has 0 atom stereocenters. The molecule has 2 aromatic heterocycles. The van der Waals surface area contributed by atoms with Crippen molar-refractivity contribution in [2.75, 3.05) is 0 Å². The van der Waals surface area contributed by atoms with E-state index in [0.29, 0.717) is 5.82 Å². The van der Waals surface area contributed by atoms with Crippen molar-refractivity contribution in [3.05, 3.63) is 236 Å². The molecule has 0 fully saturated rings. The lowest BCUT2D eigenvalue weighted by atomic mass is 9.82. The lowest BCUT2D eigenvalue weighted by Gasteiger charge is -2.21. The Morgan fingerprint density at radius 3 is 1.48 bits per heavy atom. The Labute approximate surface area is 373 Å². The van der Waals surface area contributed by atoms with E-state index in [0.717, 1.165) is 66.7 Å². The molecule has 0 amide bonds. The molecule has 0 radical (unpaired) electrons. The molecule has 11 aromatic rings. The summed E-state index contributed by atoms with van der Waals surface area (Å²) in [6.07, 6.45) is 0. The lowest BCUT2D eigenvalue weighted by Crippen LogP contribution is -2.14. The zero-order valence-corrected chi connectivity index (χ0v) is 35.7. The minimum absolute atomic E-state index is 0.0590. The van der Waals surface area contributed by atoms with Crippen LogP contribution in [0.5, 0.6) is 0 Å². The molecule has 9 aromatic carbocycles. The molecular weight excluding hydrogens is 775 g/mol. The fraction of sp³-hybridized carbons (Fsp3) is 0.0492. The van der Waals surface area contributed by atoms with Crippen LogP contribution < -0.4 is 0 Å². The summed E-state index contributed by atoms with van der Waals surface area (Å²) in [7, 11) is 0. The lowest BCUT2D eigenvalue weighted by molar-refractivity contribution is 0.660. The van der Waals surface area contributed by atoms with E-state index in [9.17, 15) is 0 Å². The summed E-state index contributed by atoms with van der Waals surface area (Å²) in [5.41, 5.74) is 20.5. The third-order valence-corrected chi connectivity index (χ3v) is 13.2. The van der Waals surface area contributed by atoms with E-state index in [1.54, 1.807) is 0 Å². The molecule has 1 aliphatic carbocycles. The topological polar surface area (TPSA) is 30.7 Å². The van der Waals surface area contributed by atoms with E-state index in [4.69, 9.17) is 9.97 Å². The Hall–Kier alpha value is -8.14. The van der Waals surface area contributed by atoms with Crippen LogP contribution in [0.3, 0.4) is 0 Å². The van der Waals surface area contributed by atoms with E-state index < -0.39 is 0 Å². The van der Waals surface area contributed by atoms with Gasteiger partial charge in [-0.2, -0.15) is 0 Å². The quantitative estimate of drug-likeness (QED) is 0.160. The van der Waals surface area contributed by atoms with Crippen LogP contribution in [0.4, 0.5) is 0 Å². The summed E-state index contributed by atoms with van der Waals surface area (Å²) in [4.78, 5) is 10.8. The van der Waals surface area contributed by atoms with Crippen LogP contribution in [0.2, 0.25) is 0 Å². The second-order valence-corrected chi connectivity index (χ2v) is 17.4. The molecule has 3 nitrogen and oxygen atoms in total. The molecule has 0 saturated heterocycles. The van der Waals surface area contributed by atoms with Gasteiger partial charge in [0, 0.05) is 38.6 Å². The fourth-order valence-corrected chi connectivity index (χ4v) is 10.0. The number of hydrogen-bond donors (Lipinski definition) is 0. The van der Waals surface area contributed by atoms with Gasteiger partial charge in [0.1, 0.15) is 0 Å². The Kier molecular flexibility index (Phi) is 8.84. The molecule has 0 aliphatic heterocycles. The Morgan fingerprint density at radius 1 is 0.344 bits per heavy atom. The monoisotopic (exact) mass is 817 g/mol. The van der Waals surface area contributed by atoms with Gasteiger partial charge < -0.3 is 4.57 Å². The van der Waals surface area contributed by atoms with Crippen molar-refractivity contribution in [2.24, 2.45) is 0 Å². The molecule has 3 heteroatoms. The van der Waals surface area contributed by atoms with E-state index in [-0.39, 0.29) is 5.41 Å². The number of nitrogens with zero attached hydrogens (tertiary/aromatic N) is 3. The number of fused-ring (bicyclic) bond motifs is 6. The maximum atomic E-state index is 5.38. The molecule has 0 bridgehead atoms. The first kappa shape index (κ1) is 37.6. The van der Waals surface area contributed by atoms with E-state index in [1.807, 2.05) is 12.1 Å². The third kappa shape index (κ3) is 6.28. The van der Waals surface area contributed by atoms with Gasteiger partial charge in [-0.05, 0) is 104 Å². The van der Waals surface area contributed by atoms with E-state index >= 15 is 0 Å². The zero-order chi connectivity index (χ0) is 42.8. The van der Waals surface area contributed by atoms with Gasteiger partial charge in [0.15, 0.2) is 5.82 Å². The van der Waals surface area contributed by atoms with Crippen molar-refractivity contribution in [3.63, 3.8) is 0 Å². The summed E-state index contributed by atoms with van der Waals surface area (Å²) >= 11 is 0. The first-order chi connectivity index (χ1) is 31.5.